The summed E-state index contributed by atoms with van der Waals surface area (Å²) in [6.07, 6.45) is 8.21. The maximum absolute atomic E-state index is 13.3. The number of anilines is 1. The van der Waals surface area contributed by atoms with Gasteiger partial charge < -0.3 is 19.9 Å². The third-order valence-corrected chi connectivity index (χ3v) is 6.90. The van der Waals surface area contributed by atoms with Gasteiger partial charge in [-0.3, -0.25) is 10.1 Å². The van der Waals surface area contributed by atoms with E-state index in [0.717, 1.165) is 28.9 Å². The van der Waals surface area contributed by atoms with Crippen molar-refractivity contribution in [2.45, 2.75) is 19.4 Å². The van der Waals surface area contributed by atoms with Crippen molar-refractivity contribution >= 4 is 18.1 Å². The van der Waals surface area contributed by atoms with Crippen LogP contribution in [0, 0.1) is 18.2 Å². The van der Waals surface area contributed by atoms with Gasteiger partial charge in [0, 0.05) is 74.7 Å². The first-order valence-corrected chi connectivity index (χ1v) is 12.3. The number of amidine groups is 1. The van der Waals surface area contributed by atoms with Gasteiger partial charge in [0.2, 0.25) is 5.95 Å². The Balaban J connectivity index is 1.27. The Morgan fingerprint density at radius 2 is 1.82 bits per heavy atom. The lowest BCUT2D eigenvalue weighted by Crippen LogP contribution is -2.49. The molecule has 0 spiro atoms. The first kappa shape index (κ1) is 25.3. The van der Waals surface area contributed by atoms with E-state index in [9.17, 15) is 9.50 Å². The number of nitrogens with zero attached hydrogens (tertiary/aromatic N) is 7. The van der Waals surface area contributed by atoms with Crippen LogP contribution < -0.4 is 4.90 Å². The molecule has 4 aromatic rings. The molecule has 3 N–H and O–H groups in total. The molecule has 0 saturated carbocycles. The molecule has 11 heteroatoms. The predicted molar refractivity (Wildman–Crippen MR) is 144 cm³/mol. The lowest BCUT2D eigenvalue weighted by Gasteiger charge is -2.36. The van der Waals surface area contributed by atoms with Gasteiger partial charge in [-0.05, 0) is 37.6 Å². The minimum Gasteiger partial charge on any atom is -0.381 e. The Kier molecular flexibility index (Phi) is 6.77. The number of hydrogen-bond donors (Lipinski definition) is 3. The molecule has 4 heterocycles. The SMILES string of the molecule is Cc1nn(C)cc1-c1c[nH]c(C(=NC=N)N2CCN(c3ncc([C@](C)(O)c4ccc(F)cc4)cn3)CC2)c1. The summed E-state index contributed by atoms with van der Waals surface area (Å²) in [6, 6.07) is 7.79. The van der Waals surface area contributed by atoms with Crippen molar-refractivity contribution in [3.63, 3.8) is 0 Å². The Labute approximate surface area is 220 Å². The predicted octanol–water partition coefficient (Wildman–Crippen LogP) is 3.08. The molecule has 0 radical (unpaired) electrons. The third kappa shape index (κ3) is 4.92. The molecule has 0 unspecified atom stereocenters. The fourth-order valence-corrected chi connectivity index (χ4v) is 4.74. The highest BCUT2D eigenvalue weighted by molar-refractivity contribution is 6.02. The van der Waals surface area contributed by atoms with Crippen LogP contribution in [0.15, 0.2) is 60.1 Å². The normalized spacial score (nSPS) is 16.0. The van der Waals surface area contributed by atoms with Crippen molar-refractivity contribution in [1.82, 2.24) is 29.6 Å². The maximum atomic E-state index is 13.3. The summed E-state index contributed by atoms with van der Waals surface area (Å²) in [5, 5.41) is 23.0. The standard InChI is InChI=1S/C27H30FN9O/c1-18-23(16-35(3)34-18)19-12-24(30-13-19)25(33-17-29)36-8-10-37(11-9-36)26-31-14-21(15-32-26)27(2,38)20-4-6-22(28)7-5-20/h4-7,12-17,29-30,38H,8-11H2,1-3H3/t27-/m1/s1. The molecule has 1 aliphatic rings. The molecule has 0 aliphatic carbocycles. The molecular weight excluding hydrogens is 485 g/mol. The van der Waals surface area contributed by atoms with E-state index in [1.165, 1.54) is 12.1 Å². The smallest absolute Gasteiger partial charge is 0.225 e. The number of hydrogen-bond acceptors (Lipinski definition) is 6. The monoisotopic (exact) mass is 515 g/mol. The van der Waals surface area contributed by atoms with Gasteiger partial charge in [-0.15, -0.1) is 0 Å². The largest absolute Gasteiger partial charge is 0.381 e. The van der Waals surface area contributed by atoms with E-state index in [1.54, 1.807) is 36.1 Å². The summed E-state index contributed by atoms with van der Waals surface area (Å²) in [7, 11) is 1.90. The van der Waals surface area contributed by atoms with E-state index in [4.69, 9.17) is 5.41 Å². The van der Waals surface area contributed by atoms with Gasteiger partial charge >= 0.3 is 0 Å². The second-order valence-electron chi connectivity index (χ2n) is 9.51. The number of nitrogens with one attached hydrogen (secondary N) is 2. The second-order valence-corrected chi connectivity index (χ2v) is 9.51. The van der Waals surface area contributed by atoms with Crippen molar-refractivity contribution < 1.29 is 9.50 Å². The topological polar surface area (TPSA) is 122 Å². The number of halogens is 1. The number of rotatable bonds is 6. The number of aliphatic hydroxyl groups is 1. The van der Waals surface area contributed by atoms with Gasteiger partial charge in [0.1, 0.15) is 17.8 Å². The quantitative estimate of drug-likeness (QED) is 0.268. The van der Waals surface area contributed by atoms with Crippen LogP contribution in [0.4, 0.5) is 10.3 Å². The summed E-state index contributed by atoms with van der Waals surface area (Å²) < 4.78 is 15.1. The molecular formula is C27H30FN9O. The molecule has 3 aromatic heterocycles. The van der Waals surface area contributed by atoms with Crippen LogP contribution in [-0.4, -0.2) is 73.1 Å². The summed E-state index contributed by atoms with van der Waals surface area (Å²) >= 11 is 0. The van der Waals surface area contributed by atoms with Gasteiger partial charge in [0.15, 0.2) is 5.84 Å². The van der Waals surface area contributed by atoms with Crippen LogP contribution in [0.25, 0.3) is 11.1 Å². The fourth-order valence-electron chi connectivity index (χ4n) is 4.74. The summed E-state index contributed by atoms with van der Waals surface area (Å²) in [6.45, 7) is 6.30. The van der Waals surface area contributed by atoms with E-state index >= 15 is 0 Å². The second kappa shape index (κ2) is 10.2. The molecule has 1 atom stereocenters. The molecule has 196 valence electrons. The molecule has 5 rings (SSSR count). The molecule has 1 fully saturated rings. The van der Waals surface area contributed by atoms with Crippen LogP contribution in [-0.2, 0) is 12.6 Å². The van der Waals surface area contributed by atoms with Gasteiger partial charge in [-0.1, -0.05) is 12.1 Å². The van der Waals surface area contributed by atoms with E-state index in [0.29, 0.717) is 49.1 Å². The van der Waals surface area contributed by atoms with Crippen molar-refractivity contribution in [3.05, 3.63) is 83.5 Å². The lowest BCUT2D eigenvalue weighted by atomic mass is 9.90. The Morgan fingerprint density at radius 1 is 1.13 bits per heavy atom. The summed E-state index contributed by atoms with van der Waals surface area (Å²) in [5.74, 6) is 0.923. The minimum absolute atomic E-state index is 0.357. The molecule has 0 amide bonds. The van der Waals surface area contributed by atoms with Gasteiger partial charge in [0.25, 0.3) is 0 Å². The van der Waals surface area contributed by atoms with Crippen LogP contribution in [0.1, 0.15) is 29.4 Å². The molecule has 10 nitrogen and oxygen atoms in total. The molecule has 1 aliphatic heterocycles. The van der Waals surface area contributed by atoms with Crippen molar-refractivity contribution in [3.8, 4) is 11.1 Å². The molecule has 1 saturated heterocycles. The number of aliphatic imine (C=N–C) groups is 1. The highest BCUT2D eigenvalue weighted by Gasteiger charge is 2.28. The Hall–Kier alpha value is -4.38. The van der Waals surface area contributed by atoms with Crippen molar-refractivity contribution in [2.24, 2.45) is 12.0 Å². The van der Waals surface area contributed by atoms with Gasteiger partial charge in [0.05, 0.1) is 11.4 Å². The Bertz CT molecular complexity index is 1450. The van der Waals surface area contributed by atoms with E-state index in [-0.39, 0.29) is 5.82 Å². The number of aryl methyl sites for hydroxylation is 2. The average molecular weight is 516 g/mol. The van der Waals surface area contributed by atoms with E-state index in [2.05, 4.69) is 34.8 Å². The van der Waals surface area contributed by atoms with Crippen molar-refractivity contribution in [1.29, 1.82) is 5.41 Å². The van der Waals surface area contributed by atoms with E-state index in [1.807, 2.05) is 32.4 Å². The summed E-state index contributed by atoms with van der Waals surface area (Å²) in [4.78, 5) is 20.9. The molecule has 38 heavy (non-hydrogen) atoms. The van der Waals surface area contributed by atoms with Crippen LogP contribution in [0.5, 0.6) is 0 Å². The first-order valence-electron chi connectivity index (χ1n) is 12.3. The van der Waals surface area contributed by atoms with Crippen LogP contribution >= 0.6 is 0 Å². The highest BCUT2D eigenvalue weighted by atomic mass is 19.1. The number of aromatic nitrogens is 5. The van der Waals surface area contributed by atoms with Crippen LogP contribution in [0.2, 0.25) is 0 Å². The maximum Gasteiger partial charge on any atom is 0.225 e. The van der Waals surface area contributed by atoms with Crippen molar-refractivity contribution in [2.75, 3.05) is 31.1 Å². The number of piperazine rings is 1. The van der Waals surface area contributed by atoms with Gasteiger partial charge in [-0.2, -0.15) is 5.10 Å². The summed E-state index contributed by atoms with van der Waals surface area (Å²) in [5.41, 5.74) is 3.60. The van der Waals surface area contributed by atoms with E-state index < -0.39 is 5.60 Å². The number of benzene rings is 1. The zero-order chi connectivity index (χ0) is 26.9. The Morgan fingerprint density at radius 3 is 2.42 bits per heavy atom. The lowest BCUT2D eigenvalue weighted by molar-refractivity contribution is 0.101. The molecule has 1 aromatic carbocycles. The zero-order valence-electron chi connectivity index (χ0n) is 21.6. The fraction of sp³-hybridized carbons (Fsp3) is 0.296. The average Bonchev–Trinajstić information content (AvgIpc) is 3.53. The number of aromatic amines is 1. The number of H-pyrrole nitrogens is 1. The van der Waals surface area contributed by atoms with Crippen LogP contribution in [0.3, 0.4) is 0 Å². The zero-order valence-corrected chi connectivity index (χ0v) is 21.6. The van der Waals surface area contributed by atoms with Gasteiger partial charge in [-0.25, -0.2) is 19.4 Å². The minimum atomic E-state index is -1.34. The highest BCUT2D eigenvalue weighted by Crippen LogP contribution is 2.29. The first-order chi connectivity index (χ1) is 18.3. The third-order valence-electron chi connectivity index (χ3n) is 6.90. The molecule has 0 bridgehead atoms.